The molecule has 9 heteroatoms. The van der Waals surface area contributed by atoms with Crippen molar-refractivity contribution in [3.63, 3.8) is 0 Å². The summed E-state index contributed by atoms with van der Waals surface area (Å²) in [6.45, 7) is 0. The van der Waals surface area contributed by atoms with Crippen molar-refractivity contribution in [3.05, 3.63) is 82.2 Å². The Hall–Kier alpha value is -2.78. The largest absolute Gasteiger partial charge is 0.321 e. The fourth-order valence-corrected chi connectivity index (χ4v) is 5.66. The molecule has 0 bridgehead atoms. The van der Waals surface area contributed by atoms with Gasteiger partial charge >= 0.3 is 0 Å². The number of aromatic nitrogens is 2. The van der Waals surface area contributed by atoms with E-state index in [4.69, 9.17) is 0 Å². The van der Waals surface area contributed by atoms with E-state index >= 15 is 0 Å². The number of benzene rings is 2. The molecule has 0 saturated carbocycles. The molecule has 0 aliphatic carbocycles. The van der Waals surface area contributed by atoms with Gasteiger partial charge in [-0.1, -0.05) is 12.1 Å². The van der Waals surface area contributed by atoms with Gasteiger partial charge in [0.05, 0.1) is 15.2 Å². The van der Waals surface area contributed by atoms with Crippen molar-refractivity contribution >= 4 is 40.8 Å². The second-order valence-electron chi connectivity index (χ2n) is 6.07. The van der Waals surface area contributed by atoms with E-state index in [1.807, 2.05) is 41.7 Å². The zero-order valence-corrected chi connectivity index (χ0v) is 16.3. The first-order valence-corrected chi connectivity index (χ1v) is 10.6. The smallest absolute Gasteiger partial charge is 0.276 e. The van der Waals surface area contributed by atoms with Crippen molar-refractivity contribution in [2.45, 2.75) is 4.58 Å². The maximum absolute atomic E-state index is 12.5. The first-order chi connectivity index (χ1) is 13.6. The van der Waals surface area contributed by atoms with Gasteiger partial charge in [-0.2, -0.15) is 5.10 Å². The molecule has 2 aromatic carbocycles. The minimum atomic E-state index is -0.456. The molecule has 1 N–H and O–H groups in total. The van der Waals surface area contributed by atoms with Gasteiger partial charge in [0.1, 0.15) is 0 Å². The van der Waals surface area contributed by atoms with Gasteiger partial charge in [0, 0.05) is 35.5 Å². The van der Waals surface area contributed by atoms with Crippen molar-refractivity contribution in [3.8, 4) is 5.69 Å². The van der Waals surface area contributed by atoms with Crippen molar-refractivity contribution in [1.82, 2.24) is 9.78 Å². The van der Waals surface area contributed by atoms with Crippen molar-refractivity contribution in [2.24, 2.45) is 0 Å². The Bertz CT molecular complexity index is 1010. The van der Waals surface area contributed by atoms with Gasteiger partial charge in [0.25, 0.3) is 11.6 Å². The van der Waals surface area contributed by atoms with Crippen LogP contribution in [0.1, 0.15) is 20.6 Å². The lowest BCUT2D eigenvalue weighted by molar-refractivity contribution is -0.384. The van der Waals surface area contributed by atoms with Crippen LogP contribution in [0.3, 0.4) is 0 Å². The first-order valence-electron chi connectivity index (χ1n) is 8.55. The summed E-state index contributed by atoms with van der Waals surface area (Å²) < 4.78 is 1.93. The van der Waals surface area contributed by atoms with E-state index in [-0.39, 0.29) is 17.3 Å². The Labute approximate surface area is 169 Å². The SMILES string of the molecule is O=C(Nc1cccc(C2SCCS2)c1)c1ccn(-c2ccc([N+](=O)[O-])cc2)n1. The first kappa shape index (κ1) is 18.6. The lowest BCUT2D eigenvalue weighted by Gasteiger charge is -2.10. The van der Waals surface area contributed by atoms with E-state index in [2.05, 4.69) is 16.5 Å². The second kappa shape index (κ2) is 8.07. The predicted octanol–water partition coefficient (Wildman–Crippen LogP) is 4.51. The van der Waals surface area contributed by atoms with Gasteiger partial charge < -0.3 is 5.32 Å². The third-order valence-corrected chi connectivity index (χ3v) is 7.29. The third kappa shape index (κ3) is 4.05. The lowest BCUT2D eigenvalue weighted by Crippen LogP contribution is -2.13. The summed E-state index contributed by atoms with van der Waals surface area (Å²) >= 11 is 3.83. The molecule has 0 atom stereocenters. The molecule has 28 heavy (non-hydrogen) atoms. The number of nitro groups is 1. The summed E-state index contributed by atoms with van der Waals surface area (Å²) in [7, 11) is 0. The number of amides is 1. The highest BCUT2D eigenvalue weighted by Crippen LogP contribution is 2.45. The van der Waals surface area contributed by atoms with Gasteiger partial charge in [0.15, 0.2) is 5.69 Å². The van der Waals surface area contributed by atoms with Crippen molar-refractivity contribution in [2.75, 3.05) is 16.8 Å². The van der Waals surface area contributed by atoms with Crippen LogP contribution >= 0.6 is 23.5 Å². The Morgan fingerprint density at radius 1 is 1.14 bits per heavy atom. The summed E-state index contributed by atoms with van der Waals surface area (Å²) in [4.78, 5) is 22.8. The monoisotopic (exact) mass is 412 g/mol. The van der Waals surface area contributed by atoms with Crippen LogP contribution in [-0.4, -0.2) is 32.1 Å². The molecule has 2 heterocycles. The maximum atomic E-state index is 12.5. The summed E-state index contributed by atoms with van der Waals surface area (Å²) in [5, 5.41) is 17.9. The summed E-state index contributed by atoms with van der Waals surface area (Å²) in [6.07, 6.45) is 1.65. The Morgan fingerprint density at radius 3 is 2.61 bits per heavy atom. The standard InChI is InChI=1S/C19H16N4O3S2/c24-18(20-14-3-1-2-13(12-14)19-27-10-11-28-19)17-8-9-22(21-17)15-4-6-16(7-5-15)23(25)26/h1-9,12,19H,10-11H2,(H,20,24). The fraction of sp³-hybridized carbons (Fsp3) is 0.158. The van der Waals surface area contributed by atoms with Crippen LogP contribution < -0.4 is 5.32 Å². The Morgan fingerprint density at radius 2 is 1.89 bits per heavy atom. The topological polar surface area (TPSA) is 90.1 Å². The predicted molar refractivity (Wildman–Crippen MR) is 112 cm³/mol. The molecule has 7 nitrogen and oxygen atoms in total. The van der Waals surface area contributed by atoms with Crippen LogP contribution in [0, 0.1) is 10.1 Å². The Kier molecular flexibility index (Phi) is 5.36. The van der Waals surface area contributed by atoms with E-state index in [1.165, 1.54) is 22.4 Å². The molecule has 1 aliphatic rings. The van der Waals surface area contributed by atoms with Crippen LogP contribution in [0.25, 0.3) is 5.69 Å². The molecule has 1 aromatic heterocycles. The number of non-ortho nitro benzene ring substituents is 1. The zero-order valence-electron chi connectivity index (χ0n) is 14.6. The lowest BCUT2D eigenvalue weighted by atomic mass is 10.2. The van der Waals surface area contributed by atoms with Crippen LogP contribution in [0.4, 0.5) is 11.4 Å². The van der Waals surface area contributed by atoms with E-state index in [1.54, 1.807) is 24.4 Å². The third-order valence-electron chi connectivity index (χ3n) is 4.19. The van der Waals surface area contributed by atoms with Crippen LogP contribution in [0.5, 0.6) is 0 Å². The highest BCUT2D eigenvalue weighted by atomic mass is 32.2. The summed E-state index contributed by atoms with van der Waals surface area (Å²) in [5.41, 5.74) is 2.85. The number of thioether (sulfide) groups is 2. The van der Waals surface area contributed by atoms with Gasteiger partial charge in [-0.15, -0.1) is 23.5 Å². The van der Waals surface area contributed by atoms with Gasteiger partial charge in [-0.25, -0.2) is 4.68 Å². The minimum Gasteiger partial charge on any atom is -0.321 e. The number of nitrogens with one attached hydrogen (secondary N) is 1. The molecule has 1 amide bonds. The molecule has 0 spiro atoms. The van der Waals surface area contributed by atoms with Crippen molar-refractivity contribution in [1.29, 1.82) is 0 Å². The second-order valence-corrected chi connectivity index (χ2v) is 8.80. The molecular formula is C19H16N4O3S2. The summed E-state index contributed by atoms with van der Waals surface area (Å²) in [5.74, 6) is 1.99. The number of nitrogens with zero attached hydrogens (tertiary/aromatic N) is 3. The van der Waals surface area contributed by atoms with E-state index in [9.17, 15) is 14.9 Å². The number of carbonyl (C=O) groups is 1. The minimum absolute atomic E-state index is 0.00680. The molecule has 1 saturated heterocycles. The molecule has 0 unspecified atom stereocenters. The maximum Gasteiger partial charge on any atom is 0.276 e. The highest BCUT2D eigenvalue weighted by molar-refractivity contribution is 8.19. The quantitative estimate of drug-likeness (QED) is 0.490. The van der Waals surface area contributed by atoms with Gasteiger partial charge in [-0.05, 0) is 35.9 Å². The molecule has 3 aromatic rings. The number of hydrogen-bond acceptors (Lipinski definition) is 6. The fourth-order valence-electron chi connectivity index (χ4n) is 2.82. The van der Waals surface area contributed by atoms with E-state index < -0.39 is 4.92 Å². The number of hydrogen-bond donors (Lipinski definition) is 1. The number of rotatable bonds is 5. The van der Waals surface area contributed by atoms with Crippen LogP contribution in [0.2, 0.25) is 0 Å². The Balaban J connectivity index is 1.47. The molecule has 4 rings (SSSR count). The number of anilines is 1. The zero-order chi connectivity index (χ0) is 19.5. The summed E-state index contributed by atoms with van der Waals surface area (Å²) in [6, 6.07) is 15.5. The van der Waals surface area contributed by atoms with Gasteiger partial charge in [0.2, 0.25) is 0 Å². The molecule has 1 fully saturated rings. The molecule has 1 aliphatic heterocycles. The average molecular weight is 412 g/mol. The molecule has 142 valence electrons. The molecule has 0 radical (unpaired) electrons. The van der Waals surface area contributed by atoms with Crippen LogP contribution in [0.15, 0.2) is 60.8 Å². The number of carbonyl (C=O) groups excluding carboxylic acids is 1. The van der Waals surface area contributed by atoms with Crippen molar-refractivity contribution < 1.29 is 9.72 Å². The average Bonchev–Trinajstić information content (AvgIpc) is 3.40. The molecular weight excluding hydrogens is 396 g/mol. The number of nitro benzene ring substituents is 1. The normalized spacial score (nSPS) is 14.1. The highest BCUT2D eigenvalue weighted by Gasteiger charge is 2.19. The van der Waals surface area contributed by atoms with E-state index in [0.717, 1.165) is 17.2 Å². The van der Waals surface area contributed by atoms with E-state index in [0.29, 0.717) is 10.3 Å². The van der Waals surface area contributed by atoms with Gasteiger partial charge in [-0.3, -0.25) is 14.9 Å². The van der Waals surface area contributed by atoms with Crippen LogP contribution in [-0.2, 0) is 0 Å².